The van der Waals surface area contributed by atoms with E-state index < -0.39 is 0 Å². The molecule has 1 aromatic heterocycles. The van der Waals surface area contributed by atoms with Gasteiger partial charge in [-0.15, -0.1) is 0 Å². The first-order chi connectivity index (χ1) is 11.8. The molecule has 1 saturated heterocycles. The Bertz CT molecular complexity index is 443. The summed E-state index contributed by atoms with van der Waals surface area (Å²) in [6.07, 6.45) is 22.1. The van der Waals surface area contributed by atoms with Crippen molar-refractivity contribution in [2.24, 2.45) is 0 Å². The van der Waals surface area contributed by atoms with E-state index in [1.165, 1.54) is 101 Å². The van der Waals surface area contributed by atoms with Crippen LogP contribution in [0.4, 0.5) is 0 Å². The Balaban J connectivity index is 1.56. The lowest BCUT2D eigenvalue weighted by Crippen LogP contribution is -2.17. The number of rotatable bonds is 12. The summed E-state index contributed by atoms with van der Waals surface area (Å²) in [4.78, 5) is 6.97. The highest BCUT2D eigenvalue weighted by atomic mass is 15.1. The number of aryl methyl sites for hydroxylation is 1. The lowest BCUT2D eigenvalue weighted by atomic mass is 10.0. The van der Waals surface area contributed by atoms with Crippen molar-refractivity contribution in [3.8, 4) is 0 Å². The summed E-state index contributed by atoms with van der Waals surface area (Å²) in [7, 11) is 2.24. The van der Waals surface area contributed by atoms with Crippen molar-refractivity contribution in [3.63, 3.8) is 0 Å². The molecule has 0 bridgehead atoms. The van der Waals surface area contributed by atoms with Gasteiger partial charge in [-0.3, -0.25) is 9.88 Å². The summed E-state index contributed by atoms with van der Waals surface area (Å²) >= 11 is 0. The van der Waals surface area contributed by atoms with Crippen LogP contribution in [0.3, 0.4) is 0 Å². The van der Waals surface area contributed by atoms with Crippen molar-refractivity contribution >= 4 is 0 Å². The molecule has 1 fully saturated rings. The van der Waals surface area contributed by atoms with E-state index in [4.69, 9.17) is 0 Å². The van der Waals surface area contributed by atoms with Crippen molar-refractivity contribution in [1.29, 1.82) is 0 Å². The summed E-state index contributed by atoms with van der Waals surface area (Å²) < 4.78 is 0. The van der Waals surface area contributed by atoms with E-state index in [9.17, 15) is 0 Å². The molecule has 2 nitrogen and oxygen atoms in total. The average molecular weight is 331 g/mol. The number of pyridine rings is 1. The minimum atomic E-state index is 0.602. The third-order valence-electron chi connectivity index (χ3n) is 5.54. The monoisotopic (exact) mass is 330 g/mol. The quantitative estimate of drug-likeness (QED) is 0.417. The second-order valence-corrected chi connectivity index (χ2v) is 7.70. The SMILES string of the molecule is CCCCCCCCCCCCc1cncc([C@@H]2CCCN2C)c1. The molecule has 0 spiro atoms. The van der Waals surface area contributed by atoms with Crippen molar-refractivity contribution in [2.45, 2.75) is 96.4 Å². The van der Waals surface area contributed by atoms with Gasteiger partial charge >= 0.3 is 0 Å². The maximum absolute atomic E-state index is 4.50. The fourth-order valence-electron chi connectivity index (χ4n) is 3.97. The fourth-order valence-corrected chi connectivity index (χ4v) is 3.97. The second kappa shape index (κ2) is 11.6. The normalized spacial score (nSPS) is 18.3. The maximum atomic E-state index is 4.50. The van der Waals surface area contributed by atoms with E-state index in [1.54, 1.807) is 0 Å². The van der Waals surface area contributed by atoms with Crippen LogP contribution in [0.15, 0.2) is 18.5 Å². The van der Waals surface area contributed by atoms with Crippen LogP contribution in [0.25, 0.3) is 0 Å². The Morgan fingerprint density at radius 3 is 2.25 bits per heavy atom. The minimum Gasteiger partial charge on any atom is -0.299 e. The molecule has 2 heteroatoms. The van der Waals surface area contributed by atoms with Gasteiger partial charge in [-0.25, -0.2) is 0 Å². The van der Waals surface area contributed by atoms with E-state index >= 15 is 0 Å². The third-order valence-corrected chi connectivity index (χ3v) is 5.54. The lowest BCUT2D eigenvalue weighted by molar-refractivity contribution is 0.317. The summed E-state index contributed by atoms with van der Waals surface area (Å²) in [5.74, 6) is 0. The first-order valence-corrected chi connectivity index (χ1v) is 10.5. The molecule has 1 atom stereocenters. The molecular formula is C22H38N2. The zero-order valence-electron chi connectivity index (χ0n) is 16.1. The Labute approximate surface area is 150 Å². The van der Waals surface area contributed by atoms with Crippen LogP contribution >= 0.6 is 0 Å². The molecule has 0 unspecified atom stereocenters. The summed E-state index contributed by atoms with van der Waals surface area (Å²) in [5.41, 5.74) is 2.87. The molecule has 0 aliphatic carbocycles. The smallest absolute Gasteiger partial charge is 0.0360 e. The van der Waals surface area contributed by atoms with Crippen LogP contribution in [0.1, 0.15) is 101 Å². The van der Waals surface area contributed by atoms with E-state index in [1.807, 2.05) is 0 Å². The number of unbranched alkanes of at least 4 members (excludes halogenated alkanes) is 9. The largest absolute Gasteiger partial charge is 0.299 e. The predicted molar refractivity (Wildman–Crippen MR) is 104 cm³/mol. The summed E-state index contributed by atoms with van der Waals surface area (Å²) in [6, 6.07) is 3.01. The number of hydrogen-bond acceptors (Lipinski definition) is 2. The molecule has 2 heterocycles. The lowest BCUT2D eigenvalue weighted by Gasteiger charge is -2.19. The Kier molecular flexibility index (Phi) is 9.42. The van der Waals surface area contributed by atoms with Gasteiger partial charge in [0.25, 0.3) is 0 Å². The van der Waals surface area contributed by atoms with Gasteiger partial charge in [-0.1, -0.05) is 70.8 Å². The van der Waals surface area contributed by atoms with E-state index in [0.29, 0.717) is 6.04 Å². The third kappa shape index (κ3) is 6.93. The summed E-state index contributed by atoms with van der Waals surface area (Å²) in [6.45, 7) is 3.52. The molecule has 24 heavy (non-hydrogen) atoms. The molecule has 0 aromatic carbocycles. The number of hydrogen-bond donors (Lipinski definition) is 0. The van der Waals surface area contributed by atoms with Crippen molar-refractivity contribution in [1.82, 2.24) is 9.88 Å². The van der Waals surface area contributed by atoms with E-state index in [-0.39, 0.29) is 0 Å². The number of aromatic nitrogens is 1. The van der Waals surface area contributed by atoms with Crippen LogP contribution in [0.2, 0.25) is 0 Å². The Morgan fingerprint density at radius 2 is 1.62 bits per heavy atom. The van der Waals surface area contributed by atoms with Crippen molar-refractivity contribution in [3.05, 3.63) is 29.6 Å². The standard InChI is InChI=1S/C22H38N2/c1-3-4-5-6-7-8-9-10-11-12-14-20-17-21(19-23-18-20)22-15-13-16-24(22)2/h17-19,22H,3-16H2,1-2H3/t22-/m0/s1. The topological polar surface area (TPSA) is 16.1 Å². The van der Waals surface area contributed by atoms with Gasteiger partial charge < -0.3 is 0 Å². The highest BCUT2D eigenvalue weighted by Crippen LogP contribution is 2.30. The Hall–Kier alpha value is -0.890. The first kappa shape index (κ1) is 19.4. The maximum Gasteiger partial charge on any atom is 0.0360 e. The van der Waals surface area contributed by atoms with Gasteiger partial charge in [-0.2, -0.15) is 0 Å². The molecule has 0 radical (unpaired) electrons. The highest BCUT2D eigenvalue weighted by Gasteiger charge is 2.22. The van der Waals surface area contributed by atoms with Crippen LogP contribution in [0, 0.1) is 0 Å². The van der Waals surface area contributed by atoms with E-state index in [2.05, 4.69) is 42.3 Å². The molecule has 136 valence electrons. The van der Waals surface area contributed by atoms with Gasteiger partial charge in [0, 0.05) is 18.4 Å². The van der Waals surface area contributed by atoms with Gasteiger partial charge in [-0.05, 0) is 50.4 Å². The van der Waals surface area contributed by atoms with Crippen LogP contribution in [0.5, 0.6) is 0 Å². The number of likely N-dealkylation sites (tertiary alicyclic amines) is 1. The average Bonchev–Trinajstić information content (AvgIpc) is 3.03. The van der Waals surface area contributed by atoms with Gasteiger partial charge in [0.05, 0.1) is 0 Å². The van der Waals surface area contributed by atoms with Crippen LogP contribution in [-0.4, -0.2) is 23.5 Å². The molecule has 1 aromatic rings. The second-order valence-electron chi connectivity index (χ2n) is 7.70. The fraction of sp³-hybridized carbons (Fsp3) is 0.773. The summed E-state index contributed by atoms with van der Waals surface area (Å²) in [5, 5.41) is 0. The molecule has 0 N–H and O–H groups in total. The van der Waals surface area contributed by atoms with Gasteiger partial charge in [0.2, 0.25) is 0 Å². The van der Waals surface area contributed by atoms with Gasteiger partial charge in [0.1, 0.15) is 0 Å². The molecule has 1 aliphatic rings. The van der Waals surface area contributed by atoms with Crippen molar-refractivity contribution in [2.75, 3.05) is 13.6 Å². The van der Waals surface area contributed by atoms with E-state index in [0.717, 1.165) is 0 Å². The number of nitrogens with zero attached hydrogens (tertiary/aromatic N) is 2. The molecule has 1 aliphatic heterocycles. The zero-order chi connectivity index (χ0) is 17.0. The zero-order valence-corrected chi connectivity index (χ0v) is 16.1. The highest BCUT2D eigenvalue weighted by molar-refractivity contribution is 5.22. The minimum absolute atomic E-state index is 0.602. The molecule has 0 amide bonds. The molecule has 2 rings (SSSR count). The predicted octanol–water partition coefficient (Wildman–Crippen LogP) is 6.31. The Morgan fingerprint density at radius 1 is 0.958 bits per heavy atom. The first-order valence-electron chi connectivity index (χ1n) is 10.5. The van der Waals surface area contributed by atoms with Crippen LogP contribution in [-0.2, 0) is 6.42 Å². The van der Waals surface area contributed by atoms with Crippen LogP contribution < -0.4 is 0 Å². The molecular weight excluding hydrogens is 292 g/mol. The molecule has 0 saturated carbocycles. The van der Waals surface area contributed by atoms with Crippen molar-refractivity contribution < 1.29 is 0 Å². The van der Waals surface area contributed by atoms with Gasteiger partial charge in [0.15, 0.2) is 0 Å².